The van der Waals surface area contributed by atoms with Crippen LogP contribution in [0, 0.1) is 65.0 Å². The van der Waals surface area contributed by atoms with Crippen molar-refractivity contribution in [2.24, 2.45) is 0 Å². The van der Waals surface area contributed by atoms with E-state index in [0.717, 1.165) is 142 Å². The number of anilines is 9. The van der Waals surface area contributed by atoms with Crippen molar-refractivity contribution in [2.75, 3.05) is 14.7 Å². The first kappa shape index (κ1) is 94.9. The molecule has 2 aliphatic rings. The smallest absolute Gasteiger partial charge is 0.147 e. The van der Waals surface area contributed by atoms with Gasteiger partial charge in [0.2, 0.25) is 0 Å². The minimum atomic E-state index is -1.80. The number of aromatic nitrogens is 6. The predicted octanol–water partition coefficient (Wildman–Crippen LogP) is 26.1. The first-order valence-corrected chi connectivity index (χ1v) is 47.4. The second kappa shape index (κ2) is 41.3. The van der Waals surface area contributed by atoms with Crippen molar-refractivity contribution in [3.63, 3.8) is 0 Å². The van der Waals surface area contributed by atoms with Gasteiger partial charge in [-0.05, 0) is 122 Å². The Bertz CT molecular complexity index is 6480. The van der Waals surface area contributed by atoms with Crippen LogP contribution in [0.15, 0.2) is 350 Å². The third-order valence-electron chi connectivity index (χ3n) is 22.5. The van der Waals surface area contributed by atoms with E-state index in [1.807, 2.05) is 192 Å². The van der Waals surface area contributed by atoms with Gasteiger partial charge in [-0.2, -0.15) is 0 Å². The van der Waals surface area contributed by atoms with Gasteiger partial charge in [-0.15, -0.1) is 205 Å². The first-order valence-electron chi connectivity index (χ1n) is 40.9. The molecule has 647 valence electrons. The Kier molecular flexibility index (Phi) is 30.8. The molecule has 19 aromatic rings. The third-order valence-corrected chi connectivity index (χ3v) is 28.2. The fourth-order valence-corrected chi connectivity index (χ4v) is 21.9. The molecule has 8 heterocycles. The van der Waals surface area contributed by atoms with E-state index in [9.17, 15) is 0 Å². The van der Waals surface area contributed by atoms with E-state index in [0.29, 0.717) is 0 Å². The zero-order chi connectivity index (χ0) is 84.2. The van der Waals surface area contributed by atoms with Crippen molar-refractivity contribution in [1.29, 1.82) is 0 Å². The Balaban J connectivity index is 0.000000144. The molecule has 21 heteroatoms. The zero-order valence-electron chi connectivity index (χ0n) is 71.9. The molecule has 2 aliphatic heterocycles. The molecule has 0 spiro atoms. The number of fused-ring (bicyclic) bond motifs is 7. The van der Waals surface area contributed by atoms with Gasteiger partial charge in [0, 0.05) is 157 Å². The van der Waals surface area contributed by atoms with Crippen LogP contribution in [0.5, 0.6) is 0 Å². The fraction of sp³-hybridized carbons (Fsp3) is 0.123. The standard InChI is InChI=1S/C25H21N2O.C24H21N2OSi.C22H15N2O.C22H17N2O.C13H16NOSi.5Ir/c1-17-24(23(26-28-17)18-11-5-4-6-12-18)27-21-15-9-7-13-19(21)25(2,3)20-14-8-10-16-22(20)27;1-17-24(23(25-27-17)18-11-5-4-6-12-18)26-19-13-7-9-15-21(19)28(2,3)22-16-10-8-14-20(22)26;1-15-22(21(23-25-15)16-9-3-2-4-10-16)24-19-13-7-5-11-17(19)18-12-6-8-14-20(18)24;1-17-22(21(23-25-17)18-11-5-2-6-12-18)24(19-13-7-3-8-14-19)20-15-9-4-10-16-20;1-10-13(16(2,3)4)12(14-15-10)11-8-6-5-7-9-11;;;;;/h2*4-11,13-16H,1-3H3;2-9,11-14H,1H3;2-11,13-16H,1H3;5-8H,1-4H3;;;;;/q5*-1;;;;;. The van der Waals surface area contributed by atoms with Gasteiger partial charge in [0.15, 0.2) is 0 Å². The number of rotatable bonds is 12. The van der Waals surface area contributed by atoms with Crippen LogP contribution < -0.4 is 30.3 Å². The molecule has 21 rings (SSSR count). The SMILES string of the molecule is Cc1onc(-c2[c-]cccc2)c1-n1c2ccccc2c2ccccc21.Cc1onc(-c2[c-]cccc2)c1N(c1ccccc1)c1ccccc1.Cc1onc(-c2[c-]cccc2)c1N1c2ccccc2C(C)(C)c2ccccc21.Cc1onc(-c2[c-]cccc2)c1N1c2ccccc2[Si](C)(C)c2ccccc21.Cc1onc(-c2[c-]cccc2)c1[Si](C)(C)C.[Ir].[Ir].[Ir].[Ir].[Ir]. The molecular formula is C106H90Ir5N9O5Si2-5. The van der Waals surface area contributed by atoms with Crippen LogP contribution in [-0.4, -0.2) is 46.5 Å². The number of para-hydroxylation sites is 8. The van der Waals surface area contributed by atoms with Gasteiger partial charge in [-0.25, -0.2) is 0 Å². The van der Waals surface area contributed by atoms with Crippen molar-refractivity contribution >= 4 is 105 Å². The summed E-state index contributed by atoms with van der Waals surface area (Å²) in [7, 11) is -3.23. The van der Waals surface area contributed by atoms with Gasteiger partial charge >= 0.3 is 0 Å². The predicted molar refractivity (Wildman–Crippen MR) is 498 cm³/mol. The van der Waals surface area contributed by atoms with Crippen LogP contribution in [0.2, 0.25) is 32.7 Å². The Labute approximate surface area is 811 Å². The van der Waals surface area contributed by atoms with Crippen molar-refractivity contribution in [3.05, 3.63) is 398 Å². The maximum absolute atomic E-state index is 5.68. The Hall–Kier alpha value is -11.2. The van der Waals surface area contributed by atoms with E-state index < -0.39 is 16.1 Å². The fourth-order valence-electron chi connectivity index (χ4n) is 16.9. The number of aryl methyl sites for hydroxylation is 5. The molecule has 0 saturated carbocycles. The Morgan fingerprint density at radius 3 is 1.02 bits per heavy atom. The average molecular weight is 2590 g/mol. The van der Waals surface area contributed by atoms with Crippen LogP contribution >= 0.6 is 0 Å². The summed E-state index contributed by atoms with van der Waals surface area (Å²) in [5, 5.41) is 28.2. The second-order valence-corrected chi connectivity index (χ2v) is 41.5. The summed E-state index contributed by atoms with van der Waals surface area (Å²) in [6.45, 7) is 26.2. The van der Waals surface area contributed by atoms with Gasteiger partial charge in [0.25, 0.3) is 0 Å². The van der Waals surface area contributed by atoms with E-state index >= 15 is 0 Å². The summed E-state index contributed by atoms with van der Waals surface area (Å²) in [6.07, 6.45) is 0. The second-order valence-electron chi connectivity index (χ2n) is 32.2. The number of hydrogen-bond donors (Lipinski definition) is 0. The Morgan fingerprint density at radius 1 is 0.315 bits per heavy atom. The zero-order valence-corrected chi connectivity index (χ0v) is 85.9. The number of nitrogens with zero attached hydrogens (tertiary/aromatic N) is 9. The van der Waals surface area contributed by atoms with Crippen LogP contribution in [0.25, 0.3) is 83.8 Å². The quantitative estimate of drug-likeness (QED) is 0.0846. The molecular weight excluding hydrogens is 2500 g/mol. The summed E-state index contributed by atoms with van der Waals surface area (Å²) in [4.78, 5) is 6.78. The van der Waals surface area contributed by atoms with E-state index in [-0.39, 0.29) is 106 Å². The topological polar surface area (TPSA) is 145 Å². The maximum atomic E-state index is 5.68. The molecule has 0 fully saturated rings. The molecule has 0 atom stereocenters. The van der Waals surface area contributed by atoms with Crippen LogP contribution in [0.3, 0.4) is 0 Å². The normalized spacial score (nSPS) is 12.2. The minimum absolute atomic E-state index is 0. The Morgan fingerprint density at radius 2 is 0.614 bits per heavy atom. The minimum Gasteiger partial charge on any atom is -0.372 e. The molecule has 0 bridgehead atoms. The van der Waals surface area contributed by atoms with E-state index in [1.54, 1.807) is 0 Å². The molecule has 0 amide bonds. The van der Waals surface area contributed by atoms with Crippen molar-refractivity contribution in [1.82, 2.24) is 30.4 Å². The van der Waals surface area contributed by atoms with Gasteiger partial charge < -0.3 is 41.9 Å². The number of benzene rings is 13. The van der Waals surface area contributed by atoms with Crippen LogP contribution in [-0.2, 0) is 106 Å². The summed E-state index contributed by atoms with van der Waals surface area (Å²) in [6, 6.07) is 128. The molecule has 14 nitrogen and oxygen atoms in total. The van der Waals surface area contributed by atoms with Crippen molar-refractivity contribution in [2.45, 2.75) is 86.6 Å². The van der Waals surface area contributed by atoms with Gasteiger partial charge in [0.05, 0.1) is 64.6 Å². The summed E-state index contributed by atoms with van der Waals surface area (Å²) in [5.41, 5.74) is 24.4. The van der Waals surface area contributed by atoms with Crippen molar-refractivity contribution < 1.29 is 123 Å². The molecule has 6 aromatic heterocycles. The van der Waals surface area contributed by atoms with E-state index in [2.05, 4.69) is 292 Å². The molecule has 0 N–H and O–H groups in total. The maximum Gasteiger partial charge on any atom is 0.147 e. The molecule has 0 saturated heterocycles. The average Bonchev–Trinajstić information content (AvgIpc) is 1.55. The van der Waals surface area contributed by atoms with Gasteiger partial charge in [0.1, 0.15) is 36.9 Å². The summed E-state index contributed by atoms with van der Waals surface area (Å²) >= 11 is 0. The van der Waals surface area contributed by atoms with E-state index in [1.165, 1.54) is 48.8 Å². The van der Waals surface area contributed by atoms with Crippen LogP contribution in [0.4, 0.5) is 51.2 Å². The van der Waals surface area contributed by atoms with E-state index in [4.69, 9.17) is 22.6 Å². The molecule has 5 radical (unpaired) electrons. The van der Waals surface area contributed by atoms with Crippen molar-refractivity contribution in [3.8, 4) is 62.0 Å². The van der Waals surface area contributed by atoms with Gasteiger partial charge in [-0.1, -0.05) is 192 Å². The summed E-state index contributed by atoms with van der Waals surface area (Å²) in [5.74, 6) is 4.10. The first-order chi connectivity index (χ1) is 59.4. The number of hydrogen-bond acceptors (Lipinski definition) is 13. The molecule has 0 unspecified atom stereocenters. The third kappa shape index (κ3) is 18.9. The monoisotopic (exact) mass is 2590 g/mol. The molecule has 127 heavy (non-hydrogen) atoms. The van der Waals surface area contributed by atoms with Gasteiger partial charge in [-0.3, -0.25) is 0 Å². The molecule has 13 aromatic carbocycles. The largest absolute Gasteiger partial charge is 0.372 e. The summed E-state index contributed by atoms with van der Waals surface area (Å²) < 4.78 is 30.1. The van der Waals surface area contributed by atoms with Crippen LogP contribution in [0.1, 0.15) is 53.8 Å². The molecule has 0 aliphatic carbocycles.